The highest BCUT2D eigenvalue weighted by Gasteiger charge is 2.37. The summed E-state index contributed by atoms with van der Waals surface area (Å²) in [6, 6.07) is 1.23. The number of sulfonamides is 1. The minimum Gasteiger partial charge on any atom is -0.263 e. The third-order valence-electron chi connectivity index (χ3n) is 3.92. The molecule has 120 valence electrons. The van der Waals surface area contributed by atoms with Crippen LogP contribution >= 0.6 is 0 Å². The predicted molar refractivity (Wildman–Crippen MR) is 79.5 cm³/mol. The highest BCUT2D eigenvalue weighted by Crippen LogP contribution is 2.33. The lowest BCUT2D eigenvalue weighted by molar-refractivity contribution is 0.245. The molecule has 2 aromatic heterocycles. The predicted octanol–water partition coefficient (Wildman–Crippen LogP) is 1.25. The normalized spacial score (nSPS) is 20.4. The number of nitrogens with zero attached hydrogens (tertiary/aromatic N) is 5. The first-order valence-electron chi connectivity index (χ1n) is 7.46. The molecule has 3 rings (SSSR count). The molecule has 0 unspecified atom stereocenters. The minimum absolute atomic E-state index is 0.231. The Morgan fingerprint density at radius 2 is 2.23 bits per heavy atom. The molecule has 0 amide bonds. The van der Waals surface area contributed by atoms with Crippen LogP contribution in [0.15, 0.2) is 17.3 Å². The molecule has 0 aromatic carbocycles. The van der Waals surface area contributed by atoms with Crippen LogP contribution in [0.2, 0.25) is 0 Å². The van der Waals surface area contributed by atoms with E-state index in [1.165, 1.54) is 15.2 Å². The summed E-state index contributed by atoms with van der Waals surface area (Å²) in [6.07, 6.45) is 4.07. The first-order valence-corrected chi connectivity index (χ1v) is 8.90. The van der Waals surface area contributed by atoms with Gasteiger partial charge in [-0.15, -0.1) is 0 Å². The van der Waals surface area contributed by atoms with Gasteiger partial charge in [0.2, 0.25) is 0 Å². The van der Waals surface area contributed by atoms with Crippen LogP contribution in [-0.2, 0) is 16.6 Å². The van der Waals surface area contributed by atoms with Crippen LogP contribution in [-0.4, -0.2) is 44.2 Å². The van der Waals surface area contributed by atoms with Crippen LogP contribution in [0.25, 0.3) is 0 Å². The van der Waals surface area contributed by atoms with E-state index in [2.05, 4.69) is 20.3 Å². The Labute approximate surface area is 129 Å². The van der Waals surface area contributed by atoms with Gasteiger partial charge in [-0.2, -0.15) is 14.5 Å². The molecule has 1 saturated heterocycles. The molecule has 1 fully saturated rings. The highest BCUT2D eigenvalue weighted by molar-refractivity contribution is 7.89. The van der Waals surface area contributed by atoms with E-state index in [1.807, 2.05) is 13.8 Å². The minimum atomic E-state index is -3.61. The van der Waals surface area contributed by atoms with E-state index in [9.17, 15) is 8.42 Å². The van der Waals surface area contributed by atoms with E-state index in [0.717, 1.165) is 19.3 Å². The molecule has 22 heavy (non-hydrogen) atoms. The molecule has 1 aliphatic rings. The first kappa shape index (κ1) is 15.2. The van der Waals surface area contributed by atoms with E-state index < -0.39 is 10.0 Å². The standard InChI is InChI=1S/C13H20N6O2S/c1-3-18-12(7-8-14-18)22(20,21)19-9-5-4-6-11(19)13-15-10(2)16-17-13/h7-8,11H,3-6,9H2,1-2H3,(H,15,16,17)/t11-/m0/s1. The number of rotatable bonds is 4. The number of aryl methyl sites for hydroxylation is 2. The summed E-state index contributed by atoms with van der Waals surface area (Å²) in [7, 11) is -3.61. The molecular formula is C13H20N6O2S. The van der Waals surface area contributed by atoms with E-state index in [-0.39, 0.29) is 11.1 Å². The van der Waals surface area contributed by atoms with Crippen molar-refractivity contribution < 1.29 is 8.42 Å². The molecule has 0 aliphatic carbocycles. The Balaban J connectivity index is 2.00. The number of aromatic nitrogens is 5. The lowest BCUT2D eigenvalue weighted by atomic mass is 10.0. The van der Waals surface area contributed by atoms with E-state index in [0.29, 0.717) is 24.7 Å². The van der Waals surface area contributed by atoms with Crippen molar-refractivity contribution in [2.75, 3.05) is 6.54 Å². The summed E-state index contributed by atoms with van der Waals surface area (Å²) in [6.45, 7) is 4.68. The first-order chi connectivity index (χ1) is 10.5. The number of piperidine rings is 1. The van der Waals surface area contributed by atoms with Gasteiger partial charge in [0.15, 0.2) is 10.9 Å². The molecule has 1 aliphatic heterocycles. The fourth-order valence-corrected chi connectivity index (χ4v) is 4.68. The Hall–Kier alpha value is -1.74. The van der Waals surface area contributed by atoms with Crippen molar-refractivity contribution in [1.29, 1.82) is 0 Å². The summed E-state index contributed by atoms with van der Waals surface area (Å²) in [5, 5.41) is 11.3. The van der Waals surface area contributed by atoms with Crippen LogP contribution in [0.4, 0.5) is 0 Å². The van der Waals surface area contributed by atoms with Crippen LogP contribution in [0, 0.1) is 6.92 Å². The monoisotopic (exact) mass is 324 g/mol. The molecular weight excluding hydrogens is 304 g/mol. The largest absolute Gasteiger partial charge is 0.263 e. The van der Waals surface area contributed by atoms with Gasteiger partial charge < -0.3 is 0 Å². The molecule has 3 heterocycles. The van der Waals surface area contributed by atoms with Crippen LogP contribution in [0.5, 0.6) is 0 Å². The Kier molecular flexibility index (Phi) is 4.00. The average Bonchev–Trinajstić information content (AvgIpc) is 3.16. The third-order valence-corrected chi connectivity index (χ3v) is 5.85. The summed E-state index contributed by atoms with van der Waals surface area (Å²) in [4.78, 5) is 4.33. The van der Waals surface area contributed by atoms with Crippen LogP contribution < -0.4 is 0 Å². The lowest BCUT2D eigenvalue weighted by Crippen LogP contribution is -2.39. The number of hydrogen-bond donors (Lipinski definition) is 1. The van der Waals surface area contributed by atoms with E-state index in [4.69, 9.17) is 0 Å². The van der Waals surface area contributed by atoms with Gasteiger partial charge in [-0.25, -0.2) is 13.4 Å². The van der Waals surface area contributed by atoms with Crippen LogP contribution in [0.3, 0.4) is 0 Å². The van der Waals surface area contributed by atoms with Crippen molar-refractivity contribution in [3.05, 3.63) is 23.9 Å². The maximum absolute atomic E-state index is 13.0. The Morgan fingerprint density at radius 3 is 2.91 bits per heavy atom. The molecule has 8 nitrogen and oxygen atoms in total. The lowest BCUT2D eigenvalue weighted by Gasteiger charge is -2.32. The van der Waals surface area contributed by atoms with Crippen molar-refractivity contribution in [2.45, 2.75) is 50.7 Å². The summed E-state index contributed by atoms with van der Waals surface area (Å²) >= 11 is 0. The van der Waals surface area contributed by atoms with Gasteiger partial charge in [-0.05, 0) is 32.8 Å². The van der Waals surface area contributed by atoms with Gasteiger partial charge in [0.1, 0.15) is 5.82 Å². The van der Waals surface area contributed by atoms with E-state index >= 15 is 0 Å². The second-order valence-corrected chi connectivity index (χ2v) is 7.23. The highest BCUT2D eigenvalue weighted by atomic mass is 32.2. The quantitative estimate of drug-likeness (QED) is 0.913. The Morgan fingerprint density at radius 1 is 1.41 bits per heavy atom. The maximum Gasteiger partial charge on any atom is 0.260 e. The number of hydrogen-bond acceptors (Lipinski definition) is 5. The SMILES string of the molecule is CCn1nccc1S(=O)(=O)N1CCCC[C@H]1c1n[nH]c(C)n1. The zero-order valence-electron chi connectivity index (χ0n) is 12.7. The third kappa shape index (κ3) is 2.54. The van der Waals surface area contributed by atoms with Gasteiger partial charge in [0.25, 0.3) is 10.0 Å². The van der Waals surface area contributed by atoms with Gasteiger partial charge in [-0.3, -0.25) is 9.78 Å². The Bertz CT molecular complexity index is 750. The second-order valence-electron chi connectivity index (χ2n) is 5.39. The summed E-state index contributed by atoms with van der Waals surface area (Å²) in [5.74, 6) is 1.24. The molecule has 2 aromatic rings. The molecule has 0 saturated carbocycles. The maximum atomic E-state index is 13.0. The molecule has 0 spiro atoms. The van der Waals surface area contributed by atoms with Gasteiger partial charge in [0.05, 0.1) is 12.2 Å². The molecule has 0 bridgehead atoms. The molecule has 0 radical (unpaired) electrons. The summed E-state index contributed by atoms with van der Waals surface area (Å²) < 4.78 is 29.1. The zero-order chi connectivity index (χ0) is 15.7. The van der Waals surface area contributed by atoms with E-state index in [1.54, 1.807) is 6.07 Å². The van der Waals surface area contributed by atoms with Crippen molar-refractivity contribution >= 4 is 10.0 Å². The average molecular weight is 324 g/mol. The van der Waals surface area contributed by atoms with Gasteiger partial charge >= 0.3 is 0 Å². The molecule has 9 heteroatoms. The van der Waals surface area contributed by atoms with Crippen molar-refractivity contribution in [3.63, 3.8) is 0 Å². The molecule has 1 atom stereocenters. The topological polar surface area (TPSA) is 96.8 Å². The second kappa shape index (κ2) is 5.81. The number of H-pyrrole nitrogens is 1. The smallest absolute Gasteiger partial charge is 0.260 e. The number of aromatic amines is 1. The van der Waals surface area contributed by atoms with Crippen molar-refractivity contribution in [2.24, 2.45) is 0 Å². The van der Waals surface area contributed by atoms with Gasteiger partial charge in [0, 0.05) is 13.1 Å². The van der Waals surface area contributed by atoms with Crippen molar-refractivity contribution in [3.8, 4) is 0 Å². The zero-order valence-corrected chi connectivity index (χ0v) is 13.5. The van der Waals surface area contributed by atoms with Crippen LogP contribution in [0.1, 0.15) is 43.9 Å². The molecule has 1 N–H and O–H groups in total. The van der Waals surface area contributed by atoms with Crippen molar-refractivity contribution in [1.82, 2.24) is 29.3 Å². The fourth-order valence-electron chi connectivity index (χ4n) is 2.86. The number of nitrogens with one attached hydrogen (secondary N) is 1. The fraction of sp³-hybridized carbons (Fsp3) is 0.615. The van der Waals surface area contributed by atoms with Gasteiger partial charge in [-0.1, -0.05) is 6.42 Å². The summed E-state index contributed by atoms with van der Waals surface area (Å²) in [5.41, 5.74) is 0.